The van der Waals surface area contributed by atoms with Gasteiger partial charge in [0.05, 0.1) is 19.0 Å². The van der Waals surface area contributed by atoms with Crippen LogP contribution in [-0.2, 0) is 0 Å². The minimum atomic E-state index is -0.0624. The summed E-state index contributed by atoms with van der Waals surface area (Å²) >= 11 is 0. The van der Waals surface area contributed by atoms with E-state index in [1.165, 1.54) is 19.3 Å². The largest absolute Gasteiger partial charge is 0.493 e. The van der Waals surface area contributed by atoms with E-state index in [9.17, 15) is 4.79 Å². The Kier molecular flexibility index (Phi) is 6.52. The number of aromatic nitrogens is 1. The predicted octanol–water partition coefficient (Wildman–Crippen LogP) is 4.99. The number of anilines is 1. The van der Waals surface area contributed by atoms with Gasteiger partial charge in [0.25, 0.3) is 0 Å². The maximum Gasteiger partial charge on any atom is 0.321 e. The van der Waals surface area contributed by atoms with Crippen LogP contribution in [0.4, 0.5) is 10.5 Å². The summed E-state index contributed by atoms with van der Waals surface area (Å²) in [6, 6.07) is 9.19. The number of amides is 2. The summed E-state index contributed by atoms with van der Waals surface area (Å²) in [6.45, 7) is 3.62. The lowest BCUT2D eigenvalue weighted by Crippen LogP contribution is -2.37. The molecule has 144 valence electrons. The molecule has 1 aromatic heterocycles. The average Bonchev–Trinajstić information content (AvgIpc) is 2.64. The van der Waals surface area contributed by atoms with Crippen molar-refractivity contribution in [3.8, 4) is 17.4 Å². The van der Waals surface area contributed by atoms with E-state index in [1.807, 2.05) is 30.0 Å². The number of urea groups is 1. The third-order valence-corrected chi connectivity index (χ3v) is 4.66. The lowest BCUT2D eigenvalue weighted by molar-refractivity contribution is 0.206. The fraction of sp³-hybridized carbons (Fsp3) is 0.429. The number of benzene rings is 1. The molecule has 1 N–H and O–H groups in total. The highest BCUT2D eigenvalue weighted by Gasteiger charge is 2.15. The summed E-state index contributed by atoms with van der Waals surface area (Å²) < 4.78 is 11.1. The first kappa shape index (κ1) is 19.0. The molecule has 6 nitrogen and oxygen atoms in total. The molecule has 0 radical (unpaired) electrons. The quantitative estimate of drug-likeness (QED) is 0.825. The summed E-state index contributed by atoms with van der Waals surface area (Å²) in [4.78, 5) is 18.6. The standard InChI is InChI=1S/C21H27N3O3/c1-16-8-10-18(19(14-16)26-2)27-20-11-9-17(15-22-20)23-21(25)24-12-6-4-3-5-7-13-24/h8-11,14-15H,3-7,12-13H2,1-2H3,(H,23,25). The summed E-state index contributed by atoms with van der Waals surface area (Å²) in [5.41, 5.74) is 1.75. The molecule has 1 aliphatic heterocycles. The molecule has 1 fully saturated rings. The number of carbonyl (C=O) groups is 1. The van der Waals surface area contributed by atoms with Gasteiger partial charge < -0.3 is 19.7 Å². The maximum absolute atomic E-state index is 12.5. The Balaban J connectivity index is 1.60. The van der Waals surface area contributed by atoms with Crippen molar-refractivity contribution < 1.29 is 14.3 Å². The zero-order valence-electron chi connectivity index (χ0n) is 16.0. The molecule has 0 unspecified atom stereocenters. The Morgan fingerprint density at radius 3 is 2.44 bits per heavy atom. The van der Waals surface area contributed by atoms with E-state index in [-0.39, 0.29) is 6.03 Å². The number of hydrogen-bond donors (Lipinski definition) is 1. The van der Waals surface area contributed by atoms with Crippen molar-refractivity contribution >= 4 is 11.7 Å². The van der Waals surface area contributed by atoms with Crippen LogP contribution in [0.2, 0.25) is 0 Å². The van der Waals surface area contributed by atoms with E-state index in [4.69, 9.17) is 9.47 Å². The SMILES string of the molecule is COc1cc(C)ccc1Oc1ccc(NC(=O)N2CCCCCCC2)cn1. The van der Waals surface area contributed by atoms with Gasteiger partial charge in [-0.25, -0.2) is 9.78 Å². The molecule has 3 rings (SSSR count). The van der Waals surface area contributed by atoms with Crippen molar-refractivity contribution in [1.29, 1.82) is 0 Å². The first-order chi connectivity index (χ1) is 13.2. The molecule has 0 spiro atoms. The molecule has 1 aromatic carbocycles. The van der Waals surface area contributed by atoms with Crippen LogP contribution < -0.4 is 14.8 Å². The summed E-state index contributed by atoms with van der Waals surface area (Å²) in [6.07, 6.45) is 7.40. The average molecular weight is 369 g/mol. The molecule has 0 saturated carbocycles. The molecule has 0 aliphatic carbocycles. The Hall–Kier alpha value is -2.76. The summed E-state index contributed by atoms with van der Waals surface area (Å²) in [7, 11) is 1.61. The van der Waals surface area contributed by atoms with Gasteiger partial charge in [-0.15, -0.1) is 0 Å². The first-order valence-corrected chi connectivity index (χ1v) is 9.50. The highest BCUT2D eigenvalue weighted by Crippen LogP contribution is 2.31. The zero-order valence-corrected chi connectivity index (χ0v) is 16.0. The number of methoxy groups -OCH3 is 1. The number of ether oxygens (including phenoxy) is 2. The van der Waals surface area contributed by atoms with Gasteiger partial charge in [0.2, 0.25) is 5.88 Å². The number of likely N-dealkylation sites (tertiary alicyclic amines) is 1. The minimum absolute atomic E-state index is 0.0624. The lowest BCUT2D eigenvalue weighted by Gasteiger charge is -2.25. The van der Waals surface area contributed by atoms with Crippen LogP contribution >= 0.6 is 0 Å². The molecule has 0 atom stereocenters. The fourth-order valence-electron chi connectivity index (χ4n) is 3.14. The Bertz CT molecular complexity index is 754. The molecule has 2 amide bonds. The highest BCUT2D eigenvalue weighted by atomic mass is 16.5. The highest BCUT2D eigenvalue weighted by molar-refractivity contribution is 5.89. The molecule has 2 heterocycles. The van der Waals surface area contributed by atoms with Gasteiger partial charge in [-0.2, -0.15) is 0 Å². The first-order valence-electron chi connectivity index (χ1n) is 9.50. The number of pyridine rings is 1. The molecule has 1 saturated heterocycles. The zero-order chi connectivity index (χ0) is 19.1. The van der Waals surface area contributed by atoms with E-state index in [0.29, 0.717) is 23.1 Å². The van der Waals surface area contributed by atoms with Crippen LogP contribution in [0.3, 0.4) is 0 Å². The van der Waals surface area contributed by atoms with E-state index in [0.717, 1.165) is 31.5 Å². The van der Waals surface area contributed by atoms with Crippen molar-refractivity contribution in [2.24, 2.45) is 0 Å². The van der Waals surface area contributed by atoms with Crippen molar-refractivity contribution in [3.63, 3.8) is 0 Å². The van der Waals surface area contributed by atoms with E-state index in [2.05, 4.69) is 10.3 Å². The third-order valence-electron chi connectivity index (χ3n) is 4.66. The van der Waals surface area contributed by atoms with Crippen LogP contribution in [0.1, 0.15) is 37.7 Å². The number of carbonyl (C=O) groups excluding carboxylic acids is 1. The Morgan fingerprint density at radius 1 is 1.04 bits per heavy atom. The number of rotatable bonds is 4. The van der Waals surface area contributed by atoms with Crippen LogP contribution in [0.5, 0.6) is 17.4 Å². The number of aryl methyl sites for hydroxylation is 1. The van der Waals surface area contributed by atoms with Crippen molar-refractivity contribution in [2.45, 2.75) is 39.0 Å². The van der Waals surface area contributed by atoms with Gasteiger partial charge >= 0.3 is 6.03 Å². The maximum atomic E-state index is 12.5. The fourth-order valence-corrected chi connectivity index (χ4v) is 3.14. The number of nitrogens with one attached hydrogen (secondary N) is 1. The van der Waals surface area contributed by atoms with Gasteiger partial charge in [-0.1, -0.05) is 25.3 Å². The van der Waals surface area contributed by atoms with Crippen LogP contribution in [-0.4, -0.2) is 36.1 Å². The molecule has 2 aromatic rings. The molecule has 0 bridgehead atoms. The predicted molar refractivity (Wildman–Crippen MR) is 106 cm³/mol. The number of hydrogen-bond acceptors (Lipinski definition) is 4. The van der Waals surface area contributed by atoms with Gasteiger partial charge in [0.1, 0.15) is 0 Å². The van der Waals surface area contributed by atoms with E-state index >= 15 is 0 Å². The van der Waals surface area contributed by atoms with Gasteiger partial charge in [-0.3, -0.25) is 0 Å². The molecule has 27 heavy (non-hydrogen) atoms. The van der Waals surface area contributed by atoms with Crippen LogP contribution in [0, 0.1) is 6.92 Å². The second-order valence-corrected chi connectivity index (χ2v) is 6.83. The Morgan fingerprint density at radius 2 is 1.78 bits per heavy atom. The lowest BCUT2D eigenvalue weighted by atomic mass is 10.1. The van der Waals surface area contributed by atoms with Crippen LogP contribution in [0.25, 0.3) is 0 Å². The van der Waals surface area contributed by atoms with Crippen molar-refractivity contribution in [1.82, 2.24) is 9.88 Å². The topological polar surface area (TPSA) is 63.7 Å². The monoisotopic (exact) mass is 369 g/mol. The Labute approximate surface area is 160 Å². The molecular formula is C21H27N3O3. The second kappa shape index (κ2) is 9.26. The van der Waals surface area contributed by atoms with E-state index in [1.54, 1.807) is 25.4 Å². The number of nitrogens with zero attached hydrogens (tertiary/aromatic N) is 2. The van der Waals surface area contributed by atoms with Gasteiger partial charge in [0.15, 0.2) is 11.5 Å². The second-order valence-electron chi connectivity index (χ2n) is 6.83. The molecular weight excluding hydrogens is 342 g/mol. The smallest absolute Gasteiger partial charge is 0.321 e. The summed E-state index contributed by atoms with van der Waals surface area (Å²) in [5.74, 6) is 1.71. The normalized spacial score (nSPS) is 14.8. The summed E-state index contributed by atoms with van der Waals surface area (Å²) in [5, 5.41) is 2.93. The van der Waals surface area contributed by atoms with Crippen molar-refractivity contribution in [2.75, 3.05) is 25.5 Å². The molecule has 6 heteroatoms. The minimum Gasteiger partial charge on any atom is -0.493 e. The van der Waals surface area contributed by atoms with E-state index < -0.39 is 0 Å². The van der Waals surface area contributed by atoms with Crippen LogP contribution in [0.15, 0.2) is 36.5 Å². The van der Waals surface area contributed by atoms with Gasteiger partial charge in [-0.05, 0) is 43.5 Å². The van der Waals surface area contributed by atoms with Crippen molar-refractivity contribution in [3.05, 3.63) is 42.1 Å². The third kappa shape index (κ3) is 5.36. The molecule has 1 aliphatic rings. The van der Waals surface area contributed by atoms with Gasteiger partial charge in [0, 0.05) is 19.2 Å².